The summed E-state index contributed by atoms with van der Waals surface area (Å²) in [7, 11) is 0. The summed E-state index contributed by atoms with van der Waals surface area (Å²) in [6.45, 7) is 1.74. The first kappa shape index (κ1) is 8.72. The van der Waals surface area contributed by atoms with Crippen LogP contribution in [0.5, 0.6) is 0 Å². The van der Waals surface area contributed by atoms with Crippen molar-refractivity contribution in [1.29, 1.82) is 0 Å². The second kappa shape index (κ2) is 3.12. The maximum absolute atomic E-state index is 9.50. The molecule has 2 rings (SSSR count). The van der Waals surface area contributed by atoms with Gasteiger partial charge in [-0.05, 0) is 19.1 Å². The van der Waals surface area contributed by atoms with Crippen LogP contribution in [-0.4, -0.2) is 15.3 Å². The number of nitrogens with one attached hydrogen (secondary N) is 1. The zero-order chi connectivity index (χ0) is 9.42. The predicted octanol–water partition coefficient (Wildman–Crippen LogP) is 2.38. The van der Waals surface area contributed by atoms with Gasteiger partial charge in [0, 0.05) is 15.4 Å². The molecular weight excluding hydrogens is 232 g/mol. The monoisotopic (exact) mass is 240 g/mol. The number of nitrogens with zero attached hydrogens (tertiary/aromatic N) is 1. The van der Waals surface area contributed by atoms with Gasteiger partial charge in [-0.3, -0.25) is 5.10 Å². The largest absolute Gasteiger partial charge is 0.389 e. The summed E-state index contributed by atoms with van der Waals surface area (Å²) in [5, 5.41) is 17.3. The van der Waals surface area contributed by atoms with Crippen LogP contribution in [0.15, 0.2) is 22.8 Å². The van der Waals surface area contributed by atoms with Crippen molar-refractivity contribution in [1.82, 2.24) is 10.2 Å². The van der Waals surface area contributed by atoms with E-state index in [4.69, 9.17) is 0 Å². The van der Waals surface area contributed by atoms with Crippen molar-refractivity contribution in [2.24, 2.45) is 0 Å². The highest BCUT2D eigenvalue weighted by Crippen LogP contribution is 2.26. The van der Waals surface area contributed by atoms with E-state index in [-0.39, 0.29) is 0 Å². The molecule has 1 aromatic heterocycles. The summed E-state index contributed by atoms with van der Waals surface area (Å²) in [4.78, 5) is 0. The molecular formula is C9H9BrN2O. The predicted molar refractivity (Wildman–Crippen MR) is 54.4 cm³/mol. The van der Waals surface area contributed by atoms with Gasteiger partial charge < -0.3 is 5.11 Å². The lowest BCUT2D eigenvalue weighted by molar-refractivity contribution is 0.200. The van der Waals surface area contributed by atoms with Gasteiger partial charge in [0.2, 0.25) is 0 Å². The summed E-state index contributed by atoms with van der Waals surface area (Å²) in [5.41, 5.74) is 1.76. The van der Waals surface area contributed by atoms with Crippen molar-refractivity contribution >= 4 is 26.8 Å². The van der Waals surface area contributed by atoms with Crippen LogP contribution in [0.1, 0.15) is 18.6 Å². The molecule has 1 aromatic carbocycles. The van der Waals surface area contributed by atoms with Crippen LogP contribution in [0.4, 0.5) is 0 Å². The minimum atomic E-state index is -0.486. The maximum atomic E-state index is 9.50. The number of aliphatic hydroxyl groups is 1. The number of fused-ring (bicyclic) bond motifs is 1. The molecule has 2 N–H and O–H groups in total. The number of aromatic amines is 1. The van der Waals surface area contributed by atoms with E-state index in [1.165, 1.54) is 0 Å². The third kappa shape index (κ3) is 1.47. The van der Waals surface area contributed by atoms with Crippen molar-refractivity contribution in [3.63, 3.8) is 0 Å². The Morgan fingerprint density at radius 3 is 3.00 bits per heavy atom. The SMILES string of the molecule is CC(O)c1cc(Br)cc2cn[nH]c12. The van der Waals surface area contributed by atoms with Crippen LogP contribution >= 0.6 is 15.9 Å². The van der Waals surface area contributed by atoms with Gasteiger partial charge >= 0.3 is 0 Å². The Morgan fingerprint density at radius 2 is 2.31 bits per heavy atom. The first-order valence-corrected chi connectivity index (χ1v) is 4.78. The summed E-state index contributed by atoms with van der Waals surface area (Å²) >= 11 is 3.38. The molecule has 3 nitrogen and oxygen atoms in total. The van der Waals surface area contributed by atoms with Crippen molar-refractivity contribution in [3.8, 4) is 0 Å². The van der Waals surface area contributed by atoms with E-state index in [1.54, 1.807) is 13.1 Å². The highest BCUT2D eigenvalue weighted by Gasteiger charge is 2.08. The second-order valence-corrected chi connectivity index (χ2v) is 3.92. The molecule has 0 aliphatic rings. The molecule has 1 unspecified atom stereocenters. The van der Waals surface area contributed by atoms with Crippen LogP contribution in [0.25, 0.3) is 10.9 Å². The number of halogens is 1. The average molecular weight is 241 g/mol. The van der Waals surface area contributed by atoms with Gasteiger partial charge in [0.05, 0.1) is 17.8 Å². The Labute approximate surface area is 83.9 Å². The average Bonchev–Trinajstić information content (AvgIpc) is 2.49. The number of hydrogen-bond acceptors (Lipinski definition) is 2. The molecule has 0 saturated heterocycles. The Morgan fingerprint density at radius 1 is 1.54 bits per heavy atom. The Bertz CT molecular complexity index is 436. The van der Waals surface area contributed by atoms with Gasteiger partial charge in [-0.25, -0.2) is 0 Å². The zero-order valence-electron chi connectivity index (χ0n) is 7.08. The number of H-pyrrole nitrogens is 1. The van der Waals surface area contributed by atoms with E-state index in [0.717, 1.165) is 20.9 Å². The van der Waals surface area contributed by atoms with Crippen LogP contribution in [0.2, 0.25) is 0 Å². The fraction of sp³-hybridized carbons (Fsp3) is 0.222. The smallest absolute Gasteiger partial charge is 0.0783 e. The van der Waals surface area contributed by atoms with Crippen molar-refractivity contribution in [2.75, 3.05) is 0 Å². The standard InChI is InChI=1S/C9H9BrN2O/c1-5(13)8-3-7(10)2-6-4-11-12-9(6)8/h2-5,13H,1H3,(H,11,12). The first-order valence-electron chi connectivity index (χ1n) is 3.99. The molecule has 0 aliphatic carbocycles. The van der Waals surface area contributed by atoms with Crippen molar-refractivity contribution in [3.05, 3.63) is 28.4 Å². The van der Waals surface area contributed by atoms with Crippen LogP contribution < -0.4 is 0 Å². The summed E-state index contributed by atoms with van der Waals surface area (Å²) in [6, 6.07) is 3.86. The molecule has 0 bridgehead atoms. The van der Waals surface area contributed by atoms with Gasteiger partial charge in [-0.1, -0.05) is 15.9 Å². The summed E-state index contributed by atoms with van der Waals surface area (Å²) < 4.78 is 0.956. The lowest BCUT2D eigenvalue weighted by Crippen LogP contribution is -1.92. The van der Waals surface area contributed by atoms with Crippen LogP contribution in [-0.2, 0) is 0 Å². The molecule has 1 heterocycles. The number of rotatable bonds is 1. The second-order valence-electron chi connectivity index (χ2n) is 3.01. The third-order valence-electron chi connectivity index (χ3n) is 1.99. The van der Waals surface area contributed by atoms with E-state index in [9.17, 15) is 5.11 Å². The van der Waals surface area contributed by atoms with Crippen molar-refractivity contribution < 1.29 is 5.11 Å². The molecule has 0 spiro atoms. The fourth-order valence-electron chi connectivity index (χ4n) is 1.38. The Kier molecular flexibility index (Phi) is 2.09. The molecule has 2 aromatic rings. The maximum Gasteiger partial charge on any atom is 0.0783 e. The van der Waals surface area contributed by atoms with E-state index in [2.05, 4.69) is 26.1 Å². The molecule has 0 saturated carbocycles. The lowest BCUT2D eigenvalue weighted by Gasteiger charge is -2.06. The topological polar surface area (TPSA) is 48.9 Å². The molecule has 68 valence electrons. The third-order valence-corrected chi connectivity index (χ3v) is 2.45. The molecule has 0 fully saturated rings. The molecule has 13 heavy (non-hydrogen) atoms. The normalized spacial score (nSPS) is 13.5. The van der Waals surface area contributed by atoms with Crippen LogP contribution in [0, 0.1) is 0 Å². The van der Waals surface area contributed by atoms with E-state index in [0.29, 0.717) is 0 Å². The highest BCUT2D eigenvalue weighted by molar-refractivity contribution is 9.10. The quantitative estimate of drug-likeness (QED) is 0.805. The number of benzene rings is 1. The first-order chi connectivity index (χ1) is 6.18. The zero-order valence-corrected chi connectivity index (χ0v) is 8.67. The van der Waals surface area contributed by atoms with Gasteiger partial charge in [0.25, 0.3) is 0 Å². The molecule has 4 heteroatoms. The highest BCUT2D eigenvalue weighted by atomic mass is 79.9. The Hall–Kier alpha value is -0.870. The lowest BCUT2D eigenvalue weighted by atomic mass is 10.1. The van der Waals surface area contributed by atoms with E-state index >= 15 is 0 Å². The van der Waals surface area contributed by atoms with Crippen LogP contribution in [0.3, 0.4) is 0 Å². The number of aliphatic hydroxyl groups excluding tert-OH is 1. The Balaban J connectivity index is 2.77. The minimum absolute atomic E-state index is 0.486. The molecule has 1 atom stereocenters. The van der Waals surface area contributed by atoms with Gasteiger partial charge in [-0.15, -0.1) is 0 Å². The van der Waals surface area contributed by atoms with Crippen molar-refractivity contribution in [2.45, 2.75) is 13.0 Å². The van der Waals surface area contributed by atoms with Gasteiger partial charge in [0.1, 0.15) is 0 Å². The number of aromatic nitrogens is 2. The minimum Gasteiger partial charge on any atom is -0.389 e. The van der Waals surface area contributed by atoms with Gasteiger partial charge in [-0.2, -0.15) is 5.10 Å². The van der Waals surface area contributed by atoms with E-state index in [1.807, 2.05) is 12.1 Å². The molecule has 0 radical (unpaired) electrons. The molecule has 0 aliphatic heterocycles. The number of hydrogen-bond donors (Lipinski definition) is 2. The van der Waals surface area contributed by atoms with Gasteiger partial charge in [0.15, 0.2) is 0 Å². The van der Waals surface area contributed by atoms with E-state index < -0.39 is 6.10 Å². The summed E-state index contributed by atoms with van der Waals surface area (Å²) in [5.74, 6) is 0. The summed E-state index contributed by atoms with van der Waals surface area (Å²) in [6.07, 6.45) is 1.26. The molecule has 0 amide bonds. The fourth-order valence-corrected chi connectivity index (χ4v) is 1.87.